The minimum Gasteiger partial charge on any atom is -0.390 e. The van der Waals surface area contributed by atoms with Crippen molar-refractivity contribution in [2.24, 2.45) is 0 Å². The zero-order chi connectivity index (χ0) is 20.4. The van der Waals surface area contributed by atoms with Crippen molar-refractivity contribution < 1.29 is 24.5 Å². The molecule has 1 saturated heterocycles. The minimum atomic E-state index is -0.843. The van der Waals surface area contributed by atoms with E-state index in [1.165, 1.54) is 17.2 Å². The molecule has 5 nitrogen and oxygen atoms in total. The highest BCUT2D eigenvalue weighted by Gasteiger charge is 2.51. The molecule has 1 saturated carbocycles. The van der Waals surface area contributed by atoms with Crippen LogP contribution in [0.4, 0.5) is 0 Å². The predicted molar refractivity (Wildman–Crippen MR) is 105 cm³/mol. The van der Waals surface area contributed by atoms with E-state index in [0.29, 0.717) is 12.8 Å². The molecule has 0 aromatic heterocycles. The molecule has 2 N–H and O–H groups in total. The van der Waals surface area contributed by atoms with E-state index < -0.39 is 22.7 Å². The van der Waals surface area contributed by atoms with Crippen molar-refractivity contribution in [2.45, 2.75) is 77.2 Å². The van der Waals surface area contributed by atoms with Crippen molar-refractivity contribution in [3.05, 3.63) is 41.0 Å². The van der Waals surface area contributed by atoms with Crippen LogP contribution in [0.2, 0.25) is 0 Å². The first-order valence-corrected chi connectivity index (χ1v) is 9.47. The lowest BCUT2D eigenvalue weighted by Crippen LogP contribution is -2.49. The Kier molecular flexibility index (Phi) is 6.87. The van der Waals surface area contributed by atoms with Crippen molar-refractivity contribution >= 4 is 22.9 Å². The summed E-state index contributed by atoms with van der Waals surface area (Å²) in [4.78, 5) is 10.4. The summed E-state index contributed by atoms with van der Waals surface area (Å²) in [6, 6.07) is 6.00. The lowest BCUT2D eigenvalue weighted by atomic mass is 9.81. The third kappa shape index (κ3) is 6.40. The highest BCUT2D eigenvalue weighted by Crippen LogP contribution is 2.40. The summed E-state index contributed by atoms with van der Waals surface area (Å²) >= 11 is 5.17. The first-order valence-electron chi connectivity index (χ1n) is 9.09. The van der Waals surface area contributed by atoms with Gasteiger partial charge in [0, 0.05) is 12.8 Å². The van der Waals surface area contributed by atoms with E-state index >= 15 is 0 Å². The van der Waals surface area contributed by atoms with Gasteiger partial charge in [0.2, 0.25) is 5.24 Å². The van der Waals surface area contributed by atoms with Gasteiger partial charge in [-0.2, -0.15) is 0 Å². The molecule has 2 fully saturated rings. The van der Waals surface area contributed by atoms with Crippen LogP contribution < -0.4 is 0 Å². The second-order valence-corrected chi connectivity index (χ2v) is 8.46. The molecule has 4 atom stereocenters. The maximum Gasteiger partial charge on any atom is 0.245 e. The summed E-state index contributed by atoms with van der Waals surface area (Å²) in [7, 11) is 0. The number of benzene rings is 1. The standard InChI is InChI=1S/C11H11ClO.C10H18O4/c1-8-3-4-10(7-9(8)2)5-6-11(12)13;1-9(2)13-7-5-10(3,12)4-6(11)8(7)14-9/h3-7H,1-2H3;6-8,11-12H,4-5H2,1-3H3/b6-5+;. The number of aliphatic hydroxyl groups is 2. The van der Waals surface area contributed by atoms with E-state index in [0.717, 1.165) is 5.56 Å². The van der Waals surface area contributed by atoms with Gasteiger partial charge in [-0.3, -0.25) is 4.79 Å². The Morgan fingerprint density at radius 2 is 1.85 bits per heavy atom. The Morgan fingerprint density at radius 3 is 2.44 bits per heavy atom. The molecule has 2 aliphatic rings. The number of allylic oxidation sites excluding steroid dienone is 1. The van der Waals surface area contributed by atoms with Crippen LogP contribution >= 0.6 is 11.6 Å². The molecule has 1 aliphatic heterocycles. The quantitative estimate of drug-likeness (QED) is 0.591. The van der Waals surface area contributed by atoms with E-state index in [9.17, 15) is 15.0 Å². The normalized spacial score (nSPS) is 31.9. The molecular weight excluding hydrogens is 368 g/mol. The van der Waals surface area contributed by atoms with E-state index in [1.807, 2.05) is 39.0 Å². The van der Waals surface area contributed by atoms with Crippen LogP contribution in [0, 0.1) is 13.8 Å². The first kappa shape index (κ1) is 22.1. The smallest absolute Gasteiger partial charge is 0.245 e. The second-order valence-electron chi connectivity index (χ2n) is 8.09. The molecule has 4 unspecified atom stereocenters. The number of ether oxygens (including phenoxy) is 2. The zero-order valence-electron chi connectivity index (χ0n) is 16.5. The molecule has 1 heterocycles. The molecule has 6 heteroatoms. The highest BCUT2D eigenvalue weighted by molar-refractivity contribution is 6.66. The van der Waals surface area contributed by atoms with E-state index in [1.54, 1.807) is 13.0 Å². The van der Waals surface area contributed by atoms with Gasteiger partial charge in [-0.1, -0.05) is 24.3 Å². The minimum absolute atomic E-state index is 0.191. The zero-order valence-corrected chi connectivity index (χ0v) is 17.3. The lowest BCUT2D eigenvalue weighted by molar-refractivity contribution is -0.153. The molecule has 150 valence electrons. The van der Waals surface area contributed by atoms with Crippen molar-refractivity contribution in [3.8, 4) is 0 Å². The fourth-order valence-electron chi connectivity index (χ4n) is 3.46. The van der Waals surface area contributed by atoms with E-state index in [4.69, 9.17) is 21.1 Å². The van der Waals surface area contributed by atoms with Gasteiger partial charge in [0.05, 0.1) is 17.8 Å². The monoisotopic (exact) mass is 396 g/mol. The molecule has 0 radical (unpaired) electrons. The summed E-state index contributed by atoms with van der Waals surface area (Å²) in [5.74, 6) is -0.642. The van der Waals surface area contributed by atoms with Crippen LogP contribution in [0.3, 0.4) is 0 Å². The topological polar surface area (TPSA) is 76.0 Å². The molecular formula is C21H29ClO5. The van der Waals surface area contributed by atoms with Crippen molar-refractivity contribution in [1.29, 1.82) is 0 Å². The summed E-state index contributed by atoms with van der Waals surface area (Å²) in [5, 5.41) is 19.2. The van der Waals surface area contributed by atoms with Gasteiger partial charge >= 0.3 is 0 Å². The Labute approximate surface area is 165 Å². The number of aryl methyl sites for hydroxylation is 2. The number of halogens is 1. The molecule has 0 bridgehead atoms. The maximum atomic E-state index is 10.4. The highest BCUT2D eigenvalue weighted by atomic mass is 35.5. The number of hydrogen-bond donors (Lipinski definition) is 2. The number of fused-ring (bicyclic) bond motifs is 1. The Hall–Kier alpha value is -1.24. The first-order chi connectivity index (χ1) is 12.4. The average molecular weight is 397 g/mol. The van der Waals surface area contributed by atoms with Crippen LogP contribution in [0.5, 0.6) is 0 Å². The Balaban J connectivity index is 0.000000194. The second kappa shape index (κ2) is 8.41. The summed E-state index contributed by atoms with van der Waals surface area (Å²) in [6.45, 7) is 9.46. The van der Waals surface area contributed by atoms with Gasteiger partial charge in [-0.05, 0) is 69.0 Å². The fourth-order valence-corrected chi connectivity index (χ4v) is 3.52. The van der Waals surface area contributed by atoms with Gasteiger partial charge in [0.25, 0.3) is 0 Å². The molecule has 1 aliphatic carbocycles. The van der Waals surface area contributed by atoms with Crippen LogP contribution in [0.25, 0.3) is 6.08 Å². The number of carbonyl (C=O) groups is 1. The van der Waals surface area contributed by atoms with Crippen molar-refractivity contribution in [2.75, 3.05) is 0 Å². The van der Waals surface area contributed by atoms with Gasteiger partial charge in [0.1, 0.15) is 6.10 Å². The Bertz CT molecular complexity index is 711. The van der Waals surface area contributed by atoms with Crippen LogP contribution in [-0.2, 0) is 14.3 Å². The van der Waals surface area contributed by atoms with Crippen LogP contribution in [0.1, 0.15) is 50.3 Å². The van der Waals surface area contributed by atoms with Gasteiger partial charge in [-0.15, -0.1) is 0 Å². The van der Waals surface area contributed by atoms with E-state index in [-0.39, 0.29) is 12.2 Å². The van der Waals surface area contributed by atoms with Gasteiger partial charge < -0.3 is 19.7 Å². The largest absolute Gasteiger partial charge is 0.390 e. The average Bonchev–Trinajstić information content (AvgIpc) is 2.82. The van der Waals surface area contributed by atoms with Crippen molar-refractivity contribution in [3.63, 3.8) is 0 Å². The number of rotatable bonds is 2. The number of hydrogen-bond acceptors (Lipinski definition) is 5. The molecule has 0 amide bonds. The third-order valence-electron chi connectivity index (χ3n) is 4.83. The SMILES string of the molecule is CC1(O)CC(O)C2OC(C)(C)OC2C1.Cc1ccc(/C=C/C(=O)Cl)cc1C. The molecule has 0 spiro atoms. The van der Waals surface area contributed by atoms with Crippen LogP contribution in [-0.4, -0.2) is 45.2 Å². The molecule has 3 rings (SSSR count). The van der Waals surface area contributed by atoms with Crippen molar-refractivity contribution in [1.82, 2.24) is 0 Å². The van der Waals surface area contributed by atoms with Gasteiger partial charge in [-0.25, -0.2) is 0 Å². The Morgan fingerprint density at radius 1 is 1.19 bits per heavy atom. The molecule has 27 heavy (non-hydrogen) atoms. The summed E-state index contributed by atoms with van der Waals surface area (Å²) in [5.41, 5.74) is 2.61. The fraction of sp³-hybridized carbons (Fsp3) is 0.571. The summed E-state index contributed by atoms with van der Waals surface area (Å²) in [6.07, 6.45) is 2.83. The molecule has 1 aromatic carbocycles. The summed E-state index contributed by atoms with van der Waals surface area (Å²) < 4.78 is 11.2. The lowest BCUT2D eigenvalue weighted by Gasteiger charge is -2.37. The maximum absolute atomic E-state index is 10.4. The molecule has 1 aromatic rings. The number of aliphatic hydroxyl groups excluding tert-OH is 1. The van der Waals surface area contributed by atoms with E-state index in [2.05, 4.69) is 6.92 Å². The number of carbonyl (C=O) groups excluding carboxylic acids is 1. The third-order valence-corrected chi connectivity index (χ3v) is 4.95. The van der Waals surface area contributed by atoms with Crippen LogP contribution in [0.15, 0.2) is 24.3 Å². The predicted octanol–water partition coefficient (Wildman–Crippen LogP) is 3.49. The van der Waals surface area contributed by atoms with Gasteiger partial charge in [0.15, 0.2) is 5.79 Å².